The van der Waals surface area contributed by atoms with Crippen molar-refractivity contribution in [1.82, 2.24) is 0 Å². The summed E-state index contributed by atoms with van der Waals surface area (Å²) in [6, 6.07) is 0. The van der Waals surface area contributed by atoms with E-state index in [1.807, 2.05) is 0 Å². The molecule has 0 rings (SSSR count). The van der Waals surface area contributed by atoms with Crippen LogP contribution in [0.5, 0.6) is 0 Å². The van der Waals surface area contributed by atoms with Gasteiger partial charge in [0, 0.05) is 17.9 Å². The molecular weight excluding hydrogens is 295 g/mol. The van der Waals surface area contributed by atoms with Crippen molar-refractivity contribution in [3.05, 3.63) is 25.3 Å². The fourth-order valence-corrected chi connectivity index (χ4v) is 2.67. The van der Waals surface area contributed by atoms with Crippen LogP contribution in [0.3, 0.4) is 0 Å². The molecule has 0 aromatic rings. The summed E-state index contributed by atoms with van der Waals surface area (Å²) in [7, 11) is -4.13. The summed E-state index contributed by atoms with van der Waals surface area (Å²) in [6.45, 7) is 6.19. The number of rotatable bonds is 9. The molecule has 2 N–H and O–H groups in total. The van der Waals surface area contributed by atoms with Gasteiger partial charge in [0.25, 0.3) is 0 Å². The molecule has 108 valence electrons. The first-order chi connectivity index (χ1) is 8.78. The van der Waals surface area contributed by atoms with Gasteiger partial charge in [-0.25, -0.2) is 9.59 Å². The molecule has 0 bridgehead atoms. The quantitative estimate of drug-likeness (QED) is 0.363. The zero-order chi connectivity index (χ0) is 14.9. The minimum atomic E-state index is -4.13. The Kier molecular flexibility index (Phi) is 8.42. The van der Waals surface area contributed by atoms with E-state index < -0.39 is 31.1 Å². The van der Waals surface area contributed by atoms with Crippen LogP contribution in [-0.4, -0.2) is 45.7 Å². The first kappa shape index (κ1) is 17.9. The van der Waals surface area contributed by atoms with Crippen molar-refractivity contribution >= 4 is 31.3 Å². The molecule has 0 aromatic carbocycles. The van der Waals surface area contributed by atoms with E-state index in [1.54, 1.807) is 0 Å². The maximum Gasteiger partial charge on any atom is 0.335 e. The molecule has 0 heterocycles. The fraction of sp³-hybridized carbons (Fsp3) is 0.400. The predicted molar refractivity (Wildman–Crippen MR) is 70.6 cm³/mol. The molecule has 1 atom stereocenters. The van der Waals surface area contributed by atoms with E-state index in [0.29, 0.717) is 0 Å². The molecular formula is C10H15O7PS. The third-order valence-corrected chi connectivity index (χ3v) is 4.27. The highest BCUT2D eigenvalue weighted by Gasteiger charge is 2.18. The van der Waals surface area contributed by atoms with Crippen LogP contribution >= 0.6 is 19.4 Å². The van der Waals surface area contributed by atoms with Gasteiger partial charge in [-0.1, -0.05) is 13.2 Å². The monoisotopic (exact) mass is 310 g/mol. The molecule has 0 aliphatic heterocycles. The second-order valence-electron chi connectivity index (χ2n) is 3.26. The lowest BCUT2D eigenvalue weighted by atomic mass is 10.4. The van der Waals surface area contributed by atoms with E-state index in [-0.39, 0.29) is 12.4 Å². The van der Waals surface area contributed by atoms with Crippen LogP contribution in [-0.2, 0) is 23.6 Å². The summed E-state index contributed by atoms with van der Waals surface area (Å²) >= 11 is 0.888. The third kappa shape index (κ3) is 10.5. The molecule has 0 aliphatic rings. The second-order valence-corrected chi connectivity index (χ2v) is 6.37. The van der Waals surface area contributed by atoms with Crippen molar-refractivity contribution < 1.29 is 33.4 Å². The summed E-state index contributed by atoms with van der Waals surface area (Å²) in [4.78, 5) is 39.3. The van der Waals surface area contributed by atoms with Crippen molar-refractivity contribution in [3.8, 4) is 0 Å². The molecule has 0 aromatic heterocycles. The van der Waals surface area contributed by atoms with Crippen molar-refractivity contribution in [2.75, 3.05) is 17.9 Å². The Morgan fingerprint density at radius 1 is 1.26 bits per heavy atom. The molecule has 0 spiro atoms. The summed E-state index contributed by atoms with van der Waals surface area (Å²) in [5, 5.41) is 0. The van der Waals surface area contributed by atoms with E-state index in [2.05, 4.69) is 13.2 Å². The normalized spacial score (nSPS) is 12.3. The van der Waals surface area contributed by atoms with E-state index in [0.717, 1.165) is 23.9 Å². The average Bonchev–Trinajstić information content (AvgIpc) is 2.33. The van der Waals surface area contributed by atoms with E-state index in [1.165, 1.54) is 0 Å². The summed E-state index contributed by atoms with van der Waals surface area (Å²) in [6.07, 6.45) is 1.08. The predicted octanol–water partition coefficient (Wildman–Crippen LogP) is 0.682. The minimum absolute atomic E-state index is 0.0785. The standard InChI is InChI=1S/C10H15O7PS/c1-3-9(11)16-5-8(17-10(12)4-2)6-19-7-18(13,14)15/h3-4,8H,1-2,5-7H2,(H2,13,14,15). The van der Waals surface area contributed by atoms with Gasteiger partial charge in [-0.2, -0.15) is 0 Å². The zero-order valence-electron chi connectivity index (χ0n) is 10.1. The van der Waals surface area contributed by atoms with Gasteiger partial charge in [-0.05, 0) is 0 Å². The Hall–Kier alpha value is -1.08. The average molecular weight is 310 g/mol. The van der Waals surface area contributed by atoms with E-state index >= 15 is 0 Å². The first-order valence-electron chi connectivity index (χ1n) is 5.03. The van der Waals surface area contributed by atoms with Crippen molar-refractivity contribution in [2.24, 2.45) is 0 Å². The Bertz CT molecular complexity index is 389. The van der Waals surface area contributed by atoms with Gasteiger partial charge < -0.3 is 19.3 Å². The van der Waals surface area contributed by atoms with Crippen LogP contribution in [0.1, 0.15) is 0 Å². The molecule has 0 aliphatic carbocycles. The van der Waals surface area contributed by atoms with Crippen LogP contribution in [0.4, 0.5) is 0 Å². The van der Waals surface area contributed by atoms with Gasteiger partial charge in [0.2, 0.25) is 0 Å². The Labute approximate surface area is 114 Å². The number of hydrogen-bond donors (Lipinski definition) is 2. The van der Waals surface area contributed by atoms with Crippen LogP contribution < -0.4 is 0 Å². The lowest BCUT2D eigenvalue weighted by Crippen LogP contribution is -2.26. The summed E-state index contributed by atoms with van der Waals surface area (Å²) in [5.74, 6) is -1.31. The molecule has 1 unspecified atom stereocenters. The molecule has 7 nitrogen and oxygen atoms in total. The molecule has 0 saturated carbocycles. The molecule has 9 heteroatoms. The van der Waals surface area contributed by atoms with Gasteiger partial charge >= 0.3 is 19.5 Å². The third-order valence-electron chi connectivity index (χ3n) is 1.59. The van der Waals surface area contributed by atoms with E-state index in [9.17, 15) is 14.2 Å². The Morgan fingerprint density at radius 2 is 1.84 bits per heavy atom. The highest BCUT2D eigenvalue weighted by Crippen LogP contribution is 2.38. The summed E-state index contributed by atoms with van der Waals surface area (Å²) < 4.78 is 20.2. The number of hydrogen-bond acceptors (Lipinski definition) is 6. The Balaban J connectivity index is 4.28. The van der Waals surface area contributed by atoms with Crippen LogP contribution in [0.2, 0.25) is 0 Å². The van der Waals surface area contributed by atoms with Gasteiger partial charge in [-0.3, -0.25) is 4.57 Å². The molecule has 0 amide bonds. The van der Waals surface area contributed by atoms with Crippen molar-refractivity contribution in [2.45, 2.75) is 6.10 Å². The number of carbonyl (C=O) groups is 2. The van der Waals surface area contributed by atoms with Gasteiger partial charge in [-0.15, -0.1) is 11.8 Å². The molecule has 0 fully saturated rings. The number of ether oxygens (including phenoxy) is 2. The maximum absolute atomic E-state index is 11.0. The van der Waals surface area contributed by atoms with Crippen LogP contribution in [0.25, 0.3) is 0 Å². The Morgan fingerprint density at radius 3 is 2.32 bits per heavy atom. The fourth-order valence-electron chi connectivity index (χ4n) is 0.866. The largest absolute Gasteiger partial charge is 0.459 e. The maximum atomic E-state index is 11.0. The topological polar surface area (TPSA) is 110 Å². The number of thioether (sulfide) groups is 1. The number of carbonyl (C=O) groups excluding carboxylic acids is 2. The second kappa shape index (κ2) is 8.92. The van der Waals surface area contributed by atoms with Gasteiger partial charge in [0.05, 0.1) is 5.49 Å². The lowest BCUT2D eigenvalue weighted by molar-refractivity contribution is -0.151. The lowest BCUT2D eigenvalue weighted by Gasteiger charge is -2.16. The van der Waals surface area contributed by atoms with Gasteiger partial charge in [0.15, 0.2) is 0 Å². The molecule has 0 radical (unpaired) electrons. The summed E-state index contributed by atoms with van der Waals surface area (Å²) in [5.41, 5.74) is -0.412. The van der Waals surface area contributed by atoms with Crippen LogP contribution in [0.15, 0.2) is 25.3 Å². The van der Waals surface area contributed by atoms with Crippen molar-refractivity contribution in [3.63, 3.8) is 0 Å². The highest BCUT2D eigenvalue weighted by atomic mass is 32.2. The van der Waals surface area contributed by atoms with E-state index in [4.69, 9.17) is 19.3 Å². The minimum Gasteiger partial charge on any atom is -0.459 e. The molecule has 0 saturated heterocycles. The van der Waals surface area contributed by atoms with Crippen LogP contribution in [0, 0.1) is 0 Å². The first-order valence-corrected chi connectivity index (χ1v) is 7.98. The van der Waals surface area contributed by atoms with Gasteiger partial charge in [0.1, 0.15) is 12.7 Å². The molecule has 19 heavy (non-hydrogen) atoms. The van der Waals surface area contributed by atoms with Crippen molar-refractivity contribution in [1.29, 1.82) is 0 Å². The zero-order valence-corrected chi connectivity index (χ0v) is 11.8. The highest BCUT2D eigenvalue weighted by molar-refractivity contribution is 8.04. The smallest absolute Gasteiger partial charge is 0.335 e. The number of esters is 2. The SMILES string of the molecule is C=CC(=O)OCC(CSCP(=O)(O)O)OC(=O)C=C.